The molecule has 0 N–H and O–H groups in total. The molecule has 0 bridgehead atoms. The van der Waals surface area contributed by atoms with Crippen molar-refractivity contribution in [1.82, 2.24) is 19.7 Å². The summed E-state index contributed by atoms with van der Waals surface area (Å²) in [7, 11) is 0. The minimum atomic E-state index is 0.459. The number of rotatable bonds is 3. The van der Waals surface area contributed by atoms with Crippen LogP contribution in [-0.2, 0) is 12.8 Å². The Kier molecular flexibility index (Phi) is 3.15. The zero-order valence-electron chi connectivity index (χ0n) is 9.88. The van der Waals surface area contributed by atoms with Crippen LogP contribution in [0.15, 0.2) is 18.3 Å². The Balaban J connectivity index is 2.51. The van der Waals surface area contributed by atoms with Gasteiger partial charge in [-0.05, 0) is 25.0 Å². The van der Waals surface area contributed by atoms with Crippen LogP contribution >= 0.6 is 0 Å². The van der Waals surface area contributed by atoms with Gasteiger partial charge in [0, 0.05) is 6.20 Å². The molecule has 0 saturated heterocycles. The van der Waals surface area contributed by atoms with E-state index in [2.05, 4.69) is 21.3 Å². The van der Waals surface area contributed by atoms with Gasteiger partial charge in [-0.3, -0.25) is 4.57 Å². The number of nitrogens with zero attached hydrogens (tertiary/aromatic N) is 5. The molecule has 0 saturated carbocycles. The highest BCUT2D eigenvalue weighted by Crippen LogP contribution is 2.10. The van der Waals surface area contributed by atoms with E-state index < -0.39 is 0 Å². The number of hydrogen-bond donors (Lipinski definition) is 0. The SMILES string of the molecule is CCc1nnc(-n2cccc2C#N)nc1CC. The summed E-state index contributed by atoms with van der Waals surface area (Å²) >= 11 is 0. The van der Waals surface area contributed by atoms with Gasteiger partial charge in [-0.1, -0.05) is 13.8 Å². The molecular weight excluding hydrogens is 214 g/mol. The van der Waals surface area contributed by atoms with Crippen LogP contribution in [0.3, 0.4) is 0 Å². The van der Waals surface area contributed by atoms with Gasteiger partial charge in [-0.25, -0.2) is 4.98 Å². The predicted molar refractivity (Wildman–Crippen MR) is 62.6 cm³/mol. The molecule has 86 valence electrons. The molecule has 0 radical (unpaired) electrons. The quantitative estimate of drug-likeness (QED) is 0.799. The first-order valence-corrected chi connectivity index (χ1v) is 5.60. The monoisotopic (exact) mass is 227 g/mol. The Morgan fingerprint density at radius 3 is 2.65 bits per heavy atom. The van der Waals surface area contributed by atoms with Crippen molar-refractivity contribution in [3.63, 3.8) is 0 Å². The van der Waals surface area contributed by atoms with Gasteiger partial charge in [0.05, 0.1) is 11.4 Å². The zero-order valence-corrected chi connectivity index (χ0v) is 9.88. The van der Waals surface area contributed by atoms with E-state index in [-0.39, 0.29) is 0 Å². The molecule has 17 heavy (non-hydrogen) atoms. The fourth-order valence-corrected chi connectivity index (χ4v) is 1.68. The van der Waals surface area contributed by atoms with Gasteiger partial charge in [0.15, 0.2) is 0 Å². The van der Waals surface area contributed by atoms with Crippen LogP contribution in [0.5, 0.6) is 0 Å². The van der Waals surface area contributed by atoms with Crippen molar-refractivity contribution in [1.29, 1.82) is 5.26 Å². The van der Waals surface area contributed by atoms with Gasteiger partial charge < -0.3 is 0 Å². The molecule has 0 amide bonds. The van der Waals surface area contributed by atoms with E-state index >= 15 is 0 Å². The van der Waals surface area contributed by atoms with Crippen LogP contribution in [-0.4, -0.2) is 19.7 Å². The average Bonchev–Trinajstić information content (AvgIpc) is 2.86. The fourth-order valence-electron chi connectivity index (χ4n) is 1.68. The second-order valence-electron chi connectivity index (χ2n) is 3.59. The Labute approximate surface area is 99.8 Å². The summed E-state index contributed by atoms with van der Waals surface area (Å²) < 4.78 is 1.64. The zero-order chi connectivity index (χ0) is 12.3. The molecule has 2 rings (SSSR count). The molecule has 2 heterocycles. The van der Waals surface area contributed by atoms with Gasteiger partial charge in [0.1, 0.15) is 11.8 Å². The lowest BCUT2D eigenvalue weighted by molar-refractivity contribution is 0.772. The molecule has 2 aromatic rings. The van der Waals surface area contributed by atoms with Gasteiger partial charge >= 0.3 is 0 Å². The second-order valence-corrected chi connectivity index (χ2v) is 3.59. The van der Waals surface area contributed by atoms with Gasteiger partial charge in [0.2, 0.25) is 0 Å². The molecule has 0 fully saturated rings. The van der Waals surface area contributed by atoms with Crippen LogP contribution in [0.25, 0.3) is 5.95 Å². The summed E-state index contributed by atoms with van der Waals surface area (Å²) in [5.41, 5.74) is 2.37. The first-order valence-electron chi connectivity index (χ1n) is 5.60. The van der Waals surface area contributed by atoms with Crippen molar-refractivity contribution in [2.24, 2.45) is 0 Å². The lowest BCUT2D eigenvalue weighted by Crippen LogP contribution is -2.09. The van der Waals surface area contributed by atoms with E-state index in [0.29, 0.717) is 11.6 Å². The number of hydrogen-bond acceptors (Lipinski definition) is 4. The Morgan fingerprint density at radius 1 is 1.24 bits per heavy atom. The molecule has 0 aliphatic carbocycles. The Morgan fingerprint density at radius 2 is 2.00 bits per heavy atom. The maximum Gasteiger partial charge on any atom is 0.254 e. The molecule has 2 aromatic heterocycles. The third-order valence-electron chi connectivity index (χ3n) is 2.58. The lowest BCUT2D eigenvalue weighted by Gasteiger charge is -2.06. The van der Waals surface area contributed by atoms with Crippen molar-refractivity contribution in [2.45, 2.75) is 26.7 Å². The van der Waals surface area contributed by atoms with Crippen molar-refractivity contribution in [3.05, 3.63) is 35.4 Å². The number of aryl methyl sites for hydroxylation is 2. The van der Waals surface area contributed by atoms with Gasteiger partial charge in [0.25, 0.3) is 5.95 Å². The number of aromatic nitrogens is 4. The molecule has 0 aliphatic heterocycles. The lowest BCUT2D eigenvalue weighted by atomic mass is 10.2. The standard InChI is InChI=1S/C12H13N5/c1-3-10-11(4-2)15-16-12(14-10)17-7-5-6-9(17)8-13/h5-7H,3-4H2,1-2H3. The van der Waals surface area contributed by atoms with Crippen molar-refractivity contribution in [2.75, 3.05) is 0 Å². The van der Waals surface area contributed by atoms with Gasteiger partial charge in [-0.15, -0.1) is 10.2 Å². The highest BCUT2D eigenvalue weighted by molar-refractivity contribution is 5.30. The van der Waals surface area contributed by atoms with E-state index in [1.807, 2.05) is 13.8 Å². The Bertz CT molecular complexity index is 565. The fraction of sp³-hybridized carbons (Fsp3) is 0.333. The van der Waals surface area contributed by atoms with Gasteiger partial charge in [-0.2, -0.15) is 5.26 Å². The first-order chi connectivity index (χ1) is 8.30. The minimum Gasteiger partial charge on any atom is -0.275 e. The molecule has 0 aliphatic rings. The summed E-state index contributed by atoms with van der Waals surface area (Å²) in [5, 5.41) is 17.2. The summed E-state index contributed by atoms with van der Waals surface area (Å²) in [4.78, 5) is 4.45. The summed E-state index contributed by atoms with van der Waals surface area (Å²) in [6.07, 6.45) is 3.40. The predicted octanol–water partition coefficient (Wildman–Crippen LogP) is 1.66. The van der Waals surface area contributed by atoms with E-state index in [0.717, 1.165) is 24.2 Å². The van der Waals surface area contributed by atoms with Crippen molar-refractivity contribution in [3.8, 4) is 12.0 Å². The van der Waals surface area contributed by atoms with E-state index in [1.165, 1.54) is 0 Å². The van der Waals surface area contributed by atoms with Crippen LogP contribution in [0.4, 0.5) is 0 Å². The largest absolute Gasteiger partial charge is 0.275 e. The third-order valence-corrected chi connectivity index (χ3v) is 2.58. The highest BCUT2D eigenvalue weighted by Gasteiger charge is 2.09. The van der Waals surface area contributed by atoms with Crippen LogP contribution in [0.1, 0.15) is 30.9 Å². The molecule has 0 aromatic carbocycles. The van der Waals surface area contributed by atoms with Crippen LogP contribution in [0, 0.1) is 11.3 Å². The molecule has 5 nitrogen and oxygen atoms in total. The molecule has 5 heteroatoms. The second kappa shape index (κ2) is 4.74. The topological polar surface area (TPSA) is 67.4 Å². The maximum atomic E-state index is 8.95. The first kappa shape index (κ1) is 11.3. The third kappa shape index (κ3) is 2.02. The average molecular weight is 227 g/mol. The number of nitriles is 1. The van der Waals surface area contributed by atoms with E-state index in [9.17, 15) is 0 Å². The van der Waals surface area contributed by atoms with E-state index in [4.69, 9.17) is 5.26 Å². The van der Waals surface area contributed by atoms with Crippen molar-refractivity contribution < 1.29 is 0 Å². The van der Waals surface area contributed by atoms with E-state index in [1.54, 1.807) is 22.9 Å². The van der Waals surface area contributed by atoms with Crippen molar-refractivity contribution >= 4 is 0 Å². The Hall–Kier alpha value is -2.22. The highest BCUT2D eigenvalue weighted by atomic mass is 15.3. The summed E-state index contributed by atoms with van der Waals surface area (Å²) in [6, 6.07) is 5.61. The smallest absolute Gasteiger partial charge is 0.254 e. The molecule has 0 unspecified atom stereocenters. The minimum absolute atomic E-state index is 0.459. The molecule has 0 atom stereocenters. The summed E-state index contributed by atoms with van der Waals surface area (Å²) in [6.45, 7) is 4.06. The maximum absolute atomic E-state index is 8.95. The summed E-state index contributed by atoms with van der Waals surface area (Å²) in [5.74, 6) is 0.459. The molecule has 0 spiro atoms. The normalized spacial score (nSPS) is 10.2. The van der Waals surface area contributed by atoms with Crippen LogP contribution in [0.2, 0.25) is 0 Å². The molecular formula is C12H13N5. The van der Waals surface area contributed by atoms with Crippen LogP contribution < -0.4 is 0 Å².